The van der Waals surface area contributed by atoms with E-state index in [1.165, 1.54) is 0 Å². The SMILES string of the molecule is Cn1ccnc1[C@@H]1OCC[C@H]1C=O. The molecule has 0 spiro atoms. The molecule has 2 rings (SSSR count). The highest BCUT2D eigenvalue weighted by Gasteiger charge is 2.31. The fraction of sp³-hybridized carbons (Fsp3) is 0.556. The van der Waals surface area contributed by atoms with Crippen LogP contribution in [0.4, 0.5) is 0 Å². The van der Waals surface area contributed by atoms with Crippen molar-refractivity contribution in [3.63, 3.8) is 0 Å². The van der Waals surface area contributed by atoms with Crippen molar-refractivity contribution in [3.8, 4) is 0 Å². The molecule has 2 heterocycles. The molecule has 1 aliphatic rings. The molecule has 0 saturated carbocycles. The number of nitrogens with zero attached hydrogens (tertiary/aromatic N) is 2. The number of hydrogen-bond donors (Lipinski definition) is 0. The Hall–Kier alpha value is -1.16. The zero-order chi connectivity index (χ0) is 9.26. The molecule has 1 aromatic heterocycles. The first kappa shape index (κ1) is 8.44. The monoisotopic (exact) mass is 180 g/mol. The normalized spacial score (nSPS) is 27.8. The van der Waals surface area contributed by atoms with E-state index in [1.54, 1.807) is 6.20 Å². The lowest BCUT2D eigenvalue weighted by Crippen LogP contribution is -2.13. The molecule has 0 aromatic carbocycles. The van der Waals surface area contributed by atoms with Crippen molar-refractivity contribution in [2.45, 2.75) is 12.5 Å². The Labute approximate surface area is 76.5 Å². The van der Waals surface area contributed by atoms with Gasteiger partial charge in [0.1, 0.15) is 18.2 Å². The van der Waals surface area contributed by atoms with Gasteiger partial charge < -0.3 is 14.1 Å². The number of rotatable bonds is 2. The zero-order valence-corrected chi connectivity index (χ0v) is 7.51. The van der Waals surface area contributed by atoms with Crippen LogP contribution in [0, 0.1) is 5.92 Å². The third kappa shape index (κ3) is 1.37. The van der Waals surface area contributed by atoms with Crippen LogP contribution < -0.4 is 0 Å². The second kappa shape index (κ2) is 3.30. The van der Waals surface area contributed by atoms with Crippen LogP contribution in [0.3, 0.4) is 0 Å². The molecule has 0 bridgehead atoms. The van der Waals surface area contributed by atoms with Gasteiger partial charge in [-0.25, -0.2) is 4.98 Å². The number of hydrogen-bond acceptors (Lipinski definition) is 3. The highest BCUT2D eigenvalue weighted by atomic mass is 16.5. The van der Waals surface area contributed by atoms with E-state index in [-0.39, 0.29) is 12.0 Å². The van der Waals surface area contributed by atoms with Gasteiger partial charge in [0.05, 0.1) is 5.92 Å². The van der Waals surface area contributed by atoms with Gasteiger partial charge in [-0.15, -0.1) is 0 Å². The maximum Gasteiger partial charge on any atom is 0.138 e. The summed E-state index contributed by atoms with van der Waals surface area (Å²) in [6, 6.07) is 0. The van der Waals surface area contributed by atoms with Crippen LogP contribution in [0.15, 0.2) is 12.4 Å². The fourth-order valence-corrected chi connectivity index (χ4v) is 1.66. The lowest BCUT2D eigenvalue weighted by Gasteiger charge is -2.12. The first-order chi connectivity index (χ1) is 6.33. The minimum Gasteiger partial charge on any atom is -0.370 e. The van der Waals surface area contributed by atoms with E-state index < -0.39 is 0 Å². The summed E-state index contributed by atoms with van der Waals surface area (Å²) in [5.74, 6) is 0.815. The molecule has 13 heavy (non-hydrogen) atoms. The van der Waals surface area contributed by atoms with Gasteiger partial charge >= 0.3 is 0 Å². The van der Waals surface area contributed by atoms with Crippen LogP contribution in [-0.4, -0.2) is 22.4 Å². The molecule has 0 radical (unpaired) electrons. The number of imidazole rings is 1. The quantitative estimate of drug-likeness (QED) is 0.629. The van der Waals surface area contributed by atoms with Crippen molar-refractivity contribution in [2.24, 2.45) is 13.0 Å². The molecule has 0 N–H and O–H groups in total. The standard InChI is InChI=1S/C9H12N2O2/c1-11-4-3-10-9(11)8-7(6-12)2-5-13-8/h3-4,6-8H,2,5H2,1H3/t7-,8+/m0/s1. The van der Waals surface area contributed by atoms with E-state index in [4.69, 9.17) is 4.74 Å². The van der Waals surface area contributed by atoms with Gasteiger partial charge in [0.25, 0.3) is 0 Å². The molecule has 70 valence electrons. The van der Waals surface area contributed by atoms with Gasteiger partial charge in [-0.1, -0.05) is 0 Å². The van der Waals surface area contributed by atoms with Gasteiger partial charge in [-0.3, -0.25) is 0 Å². The van der Waals surface area contributed by atoms with E-state index in [0.717, 1.165) is 18.5 Å². The summed E-state index contributed by atoms with van der Waals surface area (Å²) in [6.07, 6.45) is 5.21. The molecule has 4 nitrogen and oxygen atoms in total. The summed E-state index contributed by atoms with van der Waals surface area (Å²) in [4.78, 5) is 14.9. The molecule has 4 heteroatoms. The highest BCUT2D eigenvalue weighted by molar-refractivity contribution is 5.55. The van der Waals surface area contributed by atoms with Gasteiger partial charge in [0.2, 0.25) is 0 Å². The van der Waals surface area contributed by atoms with Crippen molar-refractivity contribution in [1.29, 1.82) is 0 Å². The predicted octanol–water partition coefficient (Wildman–Crippen LogP) is 0.697. The van der Waals surface area contributed by atoms with Crippen molar-refractivity contribution in [3.05, 3.63) is 18.2 Å². The molecular weight excluding hydrogens is 168 g/mol. The molecule has 0 aliphatic carbocycles. The fourth-order valence-electron chi connectivity index (χ4n) is 1.66. The Bertz CT molecular complexity index is 308. The molecular formula is C9H12N2O2. The van der Waals surface area contributed by atoms with Crippen molar-refractivity contribution in [1.82, 2.24) is 9.55 Å². The van der Waals surface area contributed by atoms with Crippen LogP contribution in [-0.2, 0) is 16.6 Å². The number of carbonyl (C=O) groups excluding carboxylic acids is 1. The summed E-state index contributed by atoms with van der Waals surface area (Å²) in [7, 11) is 1.91. The minimum absolute atomic E-state index is 0.0268. The molecule has 2 atom stereocenters. The van der Waals surface area contributed by atoms with Crippen LogP contribution in [0.2, 0.25) is 0 Å². The number of carbonyl (C=O) groups is 1. The Kier molecular flexibility index (Phi) is 2.14. The van der Waals surface area contributed by atoms with E-state index in [2.05, 4.69) is 4.98 Å². The average molecular weight is 180 g/mol. The lowest BCUT2D eigenvalue weighted by atomic mass is 10.0. The molecule has 0 amide bonds. The van der Waals surface area contributed by atoms with Crippen molar-refractivity contribution < 1.29 is 9.53 Å². The van der Waals surface area contributed by atoms with Crippen LogP contribution in [0.5, 0.6) is 0 Å². The number of aromatic nitrogens is 2. The smallest absolute Gasteiger partial charge is 0.138 e. The highest BCUT2D eigenvalue weighted by Crippen LogP contribution is 2.31. The topological polar surface area (TPSA) is 44.1 Å². The first-order valence-electron chi connectivity index (χ1n) is 4.37. The van der Waals surface area contributed by atoms with E-state index in [0.29, 0.717) is 6.61 Å². The number of aryl methyl sites for hydroxylation is 1. The molecule has 0 unspecified atom stereocenters. The van der Waals surface area contributed by atoms with E-state index >= 15 is 0 Å². The Balaban J connectivity index is 2.25. The Morgan fingerprint density at radius 2 is 2.62 bits per heavy atom. The summed E-state index contributed by atoms with van der Waals surface area (Å²) in [5.41, 5.74) is 0. The Morgan fingerprint density at radius 1 is 1.77 bits per heavy atom. The maximum absolute atomic E-state index is 10.7. The largest absolute Gasteiger partial charge is 0.370 e. The van der Waals surface area contributed by atoms with Crippen LogP contribution in [0.1, 0.15) is 18.3 Å². The van der Waals surface area contributed by atoms with Crippen LogP contribution >= 0.6 is 0 Å². The molecule has 1 saturated heterocycles. The zero-order valence-electron chi connectivity index (χ0n) is 7.51. The van der Waals surface area contributed by atoms with E-state index in [1.807, 2.05) is 17.8 Å². The Morgan fingerprint density at radius 3 is 3.23 bits per heavy atom. The first-order valence-corrected chi connectivity index (χ1v) is 4.37. The van der Waals surface area contributed by atoms with Crippen LogP contribution in [0.25, 0.3) is 0 Å². The van der Waals surface area contributed by atoms with Crippen molar-refractivity contribution in [2.75, 3.05) is 6.61 Å². The second-order valence-electron chi connectivity index (χ2n) is 3.28. The maximum atomic E-state index is 10.7. The molecule has 1 aromatic rings. The minimum atomic E-state index is -0.141. The molecule has 1 fully saturated rings. The summed E-state index contributed by atoms with van der Waals surface area (Å²) < 4.78 is 7.36. The van der Waals surface area contributed by atoms with Gasteiger partial charge in [0.15, 0.2) is 0 Å². The van der Waals surface area contributed by atoms with E-state index in [9.17, 15) is 4.79 Å². The third-order valence-corrected chi connectivity index (χ3v) is 2.43. The summed E-state index contributed by atoms with van der Waals surface area (Å²) in [5, 5.41) is 0. The van der Waals surface area contributed by atoms with Gasteiger partial charge in [0, 0.05) is 26.0 Å². The summed E-state index contributed by atoms with van der Waals surface area (Å²) >= 11 is 0. The number of aldehydes is 1. The predicted molar refractivity (Wildman–Crippen MR) is 46.1 cm³/mol. The third-order valence-electron chi connectivity index (χ3n) is 2.43. The average Bonchev–Trinajstić information content (AvgIpc) is 2.71. The second-order valence-corrected chi connectivity index (χ2v) is 3.28. The lowest BCUT2D eigenvalue weighted by molar-refractivity contribution is -0.112. The number of ether oxygens (including phenoxy) is 1. The molecule has 1 aliphatic heterocycles. The van der Waals surface area contributed by atoms with Crippen molar-refractivity contribution >= 4 is 6.29 Å². The van der Waals surface area contributed by atoms with Gasteiger partial charge in [-0.2, -0.15) is 0 Å². The summed E-state index contributed by atoms with van der Waals surface area (Å²) in [6.45, 7) is 0.654. The van der Waals surface area contributed by atoms with Gasteiger partial charge in [-0.05, 0) is 6.42 Å².